The predicted octanol–water partition coefficient (Wildman–Crippen LogP) is 2.93. The van der Waals surface area contributed by atoms with Gasteiger partial charge in [-0.2, -0.15) is 0 Å². The molecule has 0 aliphatic carbocycles. The minimum atomic E-state index is 0.170. The number of rotatable bonds is 0. The summed E-state index contributed by atoms with van der Waals surface area (Å²) in [5.41, 5.74) is 2.89. The fourth-order valence-electron chi connectivity index (χ4n) is 1.79. The molecule has 0 fully saturated rings. The van der Waals surface area contributed by atoms with Gasteiger partial charge in [0.1, 0.15) is 0 Å². The van der Waals surface area contributed by atoms with Gasteiger partial charge in [0, 0.05) is 24.4 Å². The SMILES string of the molecule is CN1C=CC(C)(C)c2ccccc21. The number of anilines is 1. The number of hydrogen-bond acceptors (Lipinski definition) is 1. The molecular weight excluding hydrogens is 158 g/mol. The molecule has 1 aliphatic rings. The molecule has 0 radical (unpaired) electrons. The number of fused-ring (bicyclic) bond motifs is 1. The van der Waals surface area contributed by atoms with E-state index in [0.717, 1.165) is 0 Å². The van der Waals surface area contributed by atoms with Crippen molar-refractivity contribution in [3.8, 4) is 0 Å². The molecule has 1 aromatic rings. The van der Waals surface area contributed by atoms with Crippen molar-refractivity contribution in [1.82, 2.24) is 0 Å². The molecule has 1 heteroatoms. The minimum absolute atomic E-state index is 0.170. The Balaban J connectivity index is 2.61. The van der Waals surface area contributed by atoms with E-state index in [4.69, 9.17) is 0 Å². The van der Waals surface area contributed by atoms with Crippen LogP contribution in [-0.4, -0.2) is 7.05 Å². The Bertz CT molecular complexity index is 350. The maximum atomic E-state index is 2.25. The smallest absolute Gasteiger partial charge is 0.0444 e. The molecule has 68 valence electrons. The van der Waals surface area contributed by atoms with Crippen LogP contribution in [0.4, 0.5) is 5.69 Å². The number of benzene rings is 1. The maximum absolute atomic E-state index is 2.25. The van der Waals surface area contributed by atoms with Crippen LogP contribution in [0.15, 0.2) is 36.5 Å². The summed E-state index contributed by atoms with van der Waals surface area (Å²) >= 11 is 0. The van der Waals surface area contributed by atoms with Crippen molar-refractivity contribution in [3.63, 3.8) is 0 Å². The van der Waals surface area contributed by atoms with E-state index in [9.17, 15) is 0 Å². The Morgan fingerprint density at radius 1 is 1.15 bits per heavy atom. The summed E-state index contributed by atoms with van der Waals surface area (Å²) in [6.45, 7) is 4.49. The molecule has 0 saturated carbocycles. The second-order valence-electron chi connectivity index (χ2n) is 4.17. The van der Waals surface area contributed by atoms with Gasteiger partial charge in [-0.1, -0.05) is 38.1 Å². The van der Waals surface area contributed by atoms with E-state index in [1.165, 1.54) is 11.3 Å². The van der Waals surface area contributed by atoms with Crippen LogP contribution in [0.2, 0.25) is 0 Å². The van der Waals surface area contributed by atoms with Crippen LogP contribution in [0.3, 0.4) is 0 Å². The average Bonchev–Trinajstić information content (AvgIpc) is 2.13. The second kappa shape index (κ2) is 2.63. The molecule has 13 heavy (non-hydrogen) atoms. The first-order valence-corrected chi connectivity index (χ1v) is 4.63. The molecule has 2 rings (SSSR count). The Hall–Kier alpha value is -1.24. The first-order chi connectivity index (χ1) is 6.11. The Morgan fingerprint density at radius 2 is 1.85 bits per heavy atom. The lowest BCUT2D eigenvalue weighted by molar-refractivity contribution is 0.656. The number of hydrogen-bond donors (Lipinski definition) is 0. The van der Waals surface area contributed by atoms with E-state index in [1.807, 2.05) is 0 Å². The van der Waals surface area contributed by atoms with Crippen molar-refractivity contribution >= 4 is 5.69 Å². The van der Waals surface area contributed by atoms with Gasteiger partial charge in [0.25, 0.3) is 0 Å². The molecule has 1 aromatic carbocycles. The predicted molar refractivity (Wildman–Crippen MR) is 57.0 cm³/mol. The van der Waals surface area contributed by atoms with Gasteiger partial charge in [-0.05, 0) is 11.6 Å². The summed E-state index contributed by atoms with van der Waals surface area (Å²) in [6, 6.07) is 8.56. The lowest BCUT2D eigenvalue weighted by Crippen LogP contribution is -2.25. The molecule has 0 aromatic heterocycles. The highest BCUT2D eigenvalue weighted by molar-refractivity contribution is 5.61. The molecule has 0 amide bonds. The van der Waals surface area contributed by atoms with Gasteiger partial charge in [-0.25, -0.2) is 0 Å². The third-order valence-corrected chi connectivity index (χ3v) is 2.69. The molecular formula is C12H15N. The standard InChI is InChI=1S/C12H15N/c1-12(2)8-9-13(3)11-7-5-4-6-10(11)12/h4-9H,1-3H3. The molecule has 1 heterocycles. The zero-order valence-electron chi connectivity index (χ0n) is 8.41. The van der Waals surface area contributed by atoms with Crippen molar-refractivity contribution in [2.24, 2.45) is 0 Å². The van der Waals surface area contributed by atoms with Gasteiger partial charge in [-0.3, -0.25) is 0 Å². The maximum Gasteiger partial charge on any atom is 0.0444 e. The highest BCUT2D eigenvalue weighted by Crippen LogP contribution is 2.36. The highest BCUT2D eigenvalue weighted by Gasteiger charge is 2.24. The van der Waals surface area contributed by atoms with Gasteiger partial charge in [0.05, 0.1) is 0 Å². The van der Waals surface area contributed by atoms with Crippen molar-refractivity contribution < 1.29 is 0 Å². The van der Waals surface area contributed by atoms with E-state index in [1.54, 1.807) is 0 Å². The summed E-state index contributed by atoms with van der Waals surface area (Å²) in [4.78, 5) is 2.17. The first-order valence-electron chi connectivity index (χ1n) is 4.63. The molecule has 1 nitrogen and oxygen atoms in total. The van der Waals surface area contributed by atoms with Gasteiger partial charge in [0.2, 0.25) is 0 Å². The molecule has 0 spiro atoms. The van der Waals surface area contributed by atoms with Gasteiger partial charge in [0.15, 0.2) is 0 Å². The lowest BCUT2D eigenvalue weighted by Gasteiger charge is -2.32. The highest BCUT2D eigenvalue weighted by atomic mass is 15.1. The van der Waals surface area contributed by atoms with E-state index in [0.29, 0.717) is 0 Å². The van der Waals surface area contributed by atoms with Crippen LogP contribution in [0.1, 0.15) is 19.4 Å². The monoisotopic (exact) mass is 173 g/mol. The number of allylic oxidation sites excluding steroid dienone is 1. The molecule has 0 atom stereocenters. The average molecular weight is 173 g/mol. The van der Waals surface area contributed by atoms with E-state index >= 15 is 0 Å². The van der Waals surface area contributed by atoms with Crippen LogP contribution < -0.4 is 4.90 Å². The molecule has 0 N–H and O–H groups in total. The van der Waals surface area contributed by atoms with E-state index in [2.05, 4.69) is 62.3 Å². The summed E-state index contributed by atoms with van der Waals surface area (Å²) in [5, 5.41) is 0. The summed E-state index contributed by atoms with van der Waals surface area (Å²) in [5.74, 6) is 0. The normalized spacial score (nSPS) is 18.5. The van der Waals surface area contributed by atoms with Crippen LogP contribution in [0.5, 0.6) is 0 Å². The van der Waals surface area contributed by atoms with E-state index in [-0.39, 0.29) is 5.41 Å². The van der Waals surface area contributed by atoms with Crippen LogP contribution in [-0.2, 0) is 5.41 Å². The second-order valence-corrected chi connectivity index (χ2v) is 4.17. The van der Waals surface area contributed by atoms with Crippen molar-refractivity contribution in [3.05, 3.63) is 42.1 Å². The minimum Gasteiger partial charge on any atom is -0.351 e. The topological polar surface area (TPSA) is 3.24 Å². The zero-order valence-corrected chi connectivity index (χ0v) is 8.41. The van der Waals surface area contributed by atoms with Crippen LogP contribution >= 0.6 is 0 Å². The van der Waals surface area contributed by atoms with Crippen molar-refractivity contribution in [2.75, 3.05) is 11.9 Å². The first kappa shape index (κ1) is 8.36. The molecule has 0 unspecified atom stereocenters. The molecule has 0 saturated heterocycles. The third-order valence-electron chi connectivity index (χ3n) is 2.69. The van der Waals surface area contributed by atoms with Crippen LogP contribution in [0, 0.1) is 0 Å². The van der Waals surface area contributed by atoms with Gasteiger partial charge >= 0.3 is 0 Å². The molecule has 1 aliphatic heterocycles. The van der Waals surface area contributed by atoms with Gasteiger partial charge < -0.3 is 4.90 Å². The Morgan fingerprint density at radius 3 is 2.54 bits per heavy atom. The summed E-state index contributed by atoms with van der Waals surface area (Å²) < 4.78 is 0. The van der Waals surface area contributed by atoms with Gasteiger partial charge in [-0.15, -0.1) is 0 Å². The van der Waals surface area contributed by atoms with Crippen molar-refractivity contribution in [2.45, 2.75) is 19.3 Å². The fourth-order valence-corrected chi connectivity index (χ4v) is 1.79. The summed E-state index contributed by atoms with van der Waals surface area (Å²) in [7, 11) is 2.09. The number of para-hydroxylation sites is 1. The Labute approximate surface area is 79.7 Å². The number of nitrogens with zero attached hydrogens (tertiary/aromatic N) is 1. The zero-order chi connectivity index (χ0) is 9.47. The van der Waals surface area contributed by atoms with E-state index < -0.39 is 0 Å². The quantitative estimate of drug-likeness (QED) is 0.583. The molecule has 0 bridgehead atoms. The third kappa shape index (κ3) is 1.24. The summed E-state index contributed by atoms with van der Waals surface area (Å²) in [6.07, 6.45) is 4.39. The lowest BCUT2D eigenvalue weighted by atomic mass is 9.81. The van der Waals surface area contributed by atoms with Crippen molar-refractivity contribution in [1.29, 1.82) is 0 Å². The largest absolute Gasteiger partial charge is 0.351 e. The Kier molecular flexibility index (Phi) is 1.69. The van der Waals surface area contributed by atoms with Crippen LogP contribution in [0.25, 0.3) is 0 Å². The fraction of sp³-hybridized carbons (Fsp3) is 0.333.